The van der Waals surface area contributed by atoms with E-state index < -0.39 is 156 Å². The molecule has 0 radical (unpaired) electrons. The molecule has 10 rings (SSSR count). The maximum Gasteiger partial charge on any atom is 0.330 e. The van der Waals surface area contributed by atoms with Crippen LogP contribution < -0.4 is 52.4 Å². The van der Waals surface area contributed by atoms with Crippen molar-refractivity contribution in [2.24, 2.45) is 11.7 Å². The highest BCUT2D eigenvalue weighted by molar-refractivity contribution is 6.32. The van der Waals surface area contributed by atoms with Gasteiger partial charge in [-0.1, -0.05) is 55.2 Å². The molecule has 24 nitrogen and oxygen atoms in total. The topological polar surface area (TPSA) is 387 Å². The Morgan fingerprint density at radius 2 is 1.28 bits per heavy atom. The average molecular weight is 1180 g/mol. The molecule has 9 atom stereocenters. The number of rotatable bonds is 8. The molecule has 26 heteroatoms. The van der Waals surface area contributed by atoms with E-state index >= 15 is 9.59 Å². The number of nitrogens with two attached hydrogens (primary N) is 1. The number of likely N-dealkylation sites (N-methyl/N-ethyl adjacent to an activating group) is 1. The number of hydrogen-bond acceptors (Lipinski definition) is 16. The normalized spacial score (nSPS) is 22.5. The summed E-state index contributed by atoms with van der Waals surface area (Å²) in [7, 11) is 1.54. The summed E-state index contributed by atoms with van der Waals surface area (Å²) in [4.78, 5) is 114. The van der Waals surface area contributed by atoms with E-state index in [0.29, 0.717) is 12.0 Å². The Bertz CT molecular complexity index is 3440. The lowest BCUT2D eigenvalue weighted by Gasteiger charge is -2.30. The summed E-state index contributed by atoms with van der Waals surface area (Å²) in [6, 6.07) is 4.43. The second-order valence-corrected chi connectivity index (χ2v) is 21.6. The van der Waals surface area contributed by atoms with Gasteiger partial charge in [0, 0.05) is 47.6 Å². The van der Waals surface area contributed by atoms with Crippen LogP contribution >= 0.6 is 23.2 Å². The zero-order chi connectivity index (χ0) is 60.3. The van der Waals surface area contributed by atoms with Crippen LogP contribution in [0.4, 0.5) is 0 Å². The second-order valence-electron chi connectivity index (χ2n) is 20.8. The van der Waals surface area contributed by atoms with Gasteiger partial charge in [0.25, 0.3) is 0 Å². The van der Waals surface area contributed by atoms with Crippen LogP contribution in [0, 0.1) is 12.8 Å². The third-order valence-corrected chi connectivity index (χ3v) is 14.9. The number of carboxylic acid groups (broad SMARTS) is 1. The molecular weight excluding hydrogens is 1120 g/mol. The molecule has 0 aromatic heterocycles. The number of ether oxygens (including phenoxy) is 2. The van der Waals surface area contributed by atoms with Gasteiger partial charge in [0.15, 0.2) is 6.04 Å². The molecule has 7 amide bonds. The smallest absolute Gasteiger partial charge is 0.330 e. The fourth-order valence-corrected chi connectivity index (χ4v) is 10.4. The molecule has 0 saturated heterocycles. The summed E-state index contributed by atoms with van der Waals surface area (Å²) < 4.78 is 12.8. The number of aromatic hydroxyl groups is 3. The predicted octanol–water partition coefficient (Wildman–Crippen LogP) is 3.65. The van der Waals surface area contributed by atoms with Crippen molar-refractivity contribution in [1.29, 1.82) is 0 Å². The fourth-order valence-electron chi connectivity index (χ4n) is 9.98. The maximum atomic E-state index is 15.3. The van der Waals surface area contributed by atoms with Crippen molar-refractivity contribution in [3.05, 3.63) is 122 Å². The molecule has 12 bridgehead atoms. The minimum absolute atomic E-state index is 0.00641. The van der Waals surface area contributed by atoms with Crippen molar-refractivity contribution in [3.63, 3.8) is 0 Å². The lowest BCUT2D eigenvalue weighted by atomic mass is 9.89. The van der Waals surface area contributed by atoms with Crippen molar-refractivity contribution in [2.45, 2.75) is 107 Å². The highest BCUT2D eigenvalue weighted by Crippen LogP contribution is 2.45. The van der Waals surface area contributed by atoms with E-state index in [4.69, 9.17) is 38.4 Å². The summed E-state index contributed by atoms with van der Waals surface area (Å²) in [5, 5.41) is 85.3. The first-order chi connectivity index (χ1) is 39.3. The first kappa shape index (κ1) is 60.4. The number of aliphatic hydroxyl groups excluding tert-OH is 2. The molecular formula is C57H60Cl2N8O16. The van der Waals surface area contributed by atoms with Crippen molar-refractivity contribution in [2.75, 3.05) is 7.05 Å². The first-order valence-corrected chi connectivity index (χ1v) is 26.9. The molecule has 15 N–H and O–H groups in total. The van der Waals surface area contributed by atoms with E-state index in [9.17, 15) is 59.4 Å². The third-order valence-electron chi connectivity index (χ3n) is 14.3. The molecule has 5 heterocycles. The standard InChI is InChI=1S/C57H60Cl2N8O16/c1-23(2)11-34(61-4)51(74)63-36-20-40(70)26-6-9-43(32(58)16-26)82-45-13-25-12-35(62-53(76)38(22-47(60)73)64-52(36)75)54(77)66-49-28-5-8-39(69)30(15-28)48-31(18-29(68)19-42(48)72)50(57(80)81)67-55(78)37(65-56(49)79)21-41(71)27-7-10-44(33(59)17-27)83-46(14-25)24(45)3/h5-10,13-19,23,34-38,40-41,49-50,61,68-72H,11-12,20-22H2,1-4H3,(H2,60,73)(H,62,76)(H,63,74)(H,64,75)(H,65,79)(H,66,77)(H,67,78)(H,80,81)/t34-,35-,36?,37+,38+,40+,41+,49-,50+/m1/s1. The van der Waals surface area contributed by atoms with Gasteiger partial charge in [0.1, 0.15) is 70.5 Å². The number of nitrogens with one attached hydrogen (secondary N) is 7. The monoisotopic (exact) mass is 1180 g/mol. The number of primary amides is 1. The van der Waals surface area contributed by atoms with Crippen LogP contribution in [0.3, 0.4) is 0 Å². The number of halogens is 2. The minimum atomic E-state index is -2.09. The number of aliphatic carboxylic acids is 1. The Kier molecular flexibility index (Phi) is 18.4. The summed E-state index contributed by atoms with van der Waals surface area (Å²) in [6.07, 6.45) is -5.44. The van der Waals surface area contributed by atoms with Gasteiger partial charge in [0.2, 0.25) is 41.4 Å². The summed E-state index contributed by atoms with van der Waals surface area (Å²) in [5.74, 6) is -11.2. The molecule has 0 aliphatic carbocycles. The Morgan fingerprint density at radius 3 is 1.86 bits per heavy atom. The van der Waals surface area contributed by atoms with E-state index in [1.807, 2.05) is 13.8 Å². The van der Waals surface area contributed by atoms with Gasteiger partial charge in [-0.05, 0) is 103 Å². The second kappa shape index (κ2) is 25.2. The molecule has 5 aliphatic heterocycles. The highest BCUT2D eigenvalue weighted by Gasteiger charge is 2.39. The first-order valence-electron chi connectivity index (χ1n) is 26.1. The van der Waals surface area contributed by atoms with Gasteiger partial charge in [-0.25, -0.2) is 4.79 Å². The quantitative estimate of drug-likeness (QED) is 0.105. The summed E-state index contributed by atoms with van der Waals surface area (Å²) >= 11 is 13.7. The molecule has 0 fully saturated rings. The number of carbonyl (C=O) groups excluding carboxylic acids is 7. The van der Waals surface area contributed by atoms with Gasteiger partial charge in [-0.2, -0.15) is 0 Å². The Morgan fingerprint density at radius 1 is 0.687 bits per heavy atom. The van der Waals surface area contributed by atoms with Gasteiger partial charge in [0.05, 0.1) is 34.7 Å². The van der Waals surface area contributed by atoms with Gasteiger partial charge >= 0.3 is 5.97 Å². The van der Waals surface area contributed by atoms with Crippen molar-refractivity contribution in [3.8, 4) is 51.4 Å². The van der Waals surface area contributed by atoms with Crippen LogP contribution in [0.15, 0.2) is 78.9 Å². The van der Waals surface area contributed by atoms with Crippen LogP contribution in [-0.2, 0) is 44.8 Å². The van der Waals surface area contributed by atoms with E-state index in [-0.39, 0.29) is 66.8 Å². The summed E-state index contributed by atoms with van der Waals surface area (Å²) in [6.45, 7) is 5.37. The van der Waals surface area contributed by atoms with Crippen molar-refractivity contribution >= 4 is 70.5 Å². The fraction of sp³-hybridized carbons (Fsp3) is 0.333. The Hall–Kier alpha value is -8.68. The zero-order valence-electron chi connectivity index (χ0n) is 44.9. The van der Waals surface area contributed by atoms with Crippen molar-refractivity contribution in [1.82, 2.24) is 37.2 Å². The number of benzene rings is 5. The van der Waals surface area contributed by atoms with E-state index in [1.165, 1.54) is 54.6 Å². The van der Waals surface area contributed by atoms with Crippen molar-refractivity contribution < 1.29 is 78.5 Å². The molecule has 0 spiro atoms. The van der Waals surface area contributed by atoms with Crippen LogP contribution in [0.1, 0.15) is 97.2 Å². The number of phenolic OH excluding ortho intramolecular Hbond substituents is 3. The van der Waals surface area contributed by atoms with E-state index in [1.54, 1.807) is 14.0 Å². The molecule has 5 aliphatic rings. The Labute approximate surface area is 484 Å². The predicted molar refractivity (Wildman–Crippen MR) is 297 cm³/mol. The average Bonchev–Trinajstić information content (AvgIpc) is 2.83. The molecule has 5 aromatic carbocycles. The van der Waals surface area contributed by atoms with Crippen LogP contribution in [0.2, 0.25) is 10.0 Å². The Balaban J connectivity index is 1.33. The highest BCUT2D eigenvalue weighted by atomic mass is 35.5. The molecule has 0 saturated carbocycles. The maximum absolute atomic E-state index is 15.3. The number of hydrogen-bond donors (Lipinski definition) is 14. The molecule has 438 valence electrons. The lowest BCUT2D eigenvalue weighted by Crippen LogP contribution is -2.59. The molecule has 5 aromatic rings. The summed E-state index contributed by atoms with van der Waals surface area (Å²) in [5.41, 5.74) is 5.01. The third kappa shape index (κ3) is 13.8. The van der Waals surface area contributed by atoms with Crippen LogP contribution in [0.25, 0.3) is 11.1 Å². The van der Waals surface area contributed by atoms with E-state index in [2.05, 4.69) is 37.2 Å². The lowest BCUT2D eigenvalue weighted by molar-refractivity contribution is -0.142. The van der Waals surface area contributed by atoms with E-state index in [0.717, 1.165) is 24.3 Å². The number of aliphatic hydroxyl groups is 2. The SMILES string of the molecule is CN[C@H](CC(C)C)C(=O)NC1C[C@H](O)c2ccc(c(Cl)c2)Oc2cc3cc(c2C)Oc2ccc(cc2Cl)[C@@H](O)C[C@@H]2NC(=O)[C@H](NC(=O)[C@@H](C3)NC(=O)[C@H](CC(N)=O)NC1=O)c1ccc(O)c(c1)-c1c(O)cc(O)cc1[C@@H](C(=O)O)NC2=O. The van der Waals surface area contributed by atoms with Crippen LogP contribution in [0.5, 0.6) is 40.2 Å². The number of carboxylic acids is 1. The molecule has 1 unspecified atom stereocenters. The number of phenols is 3. The van der Waals surface area contributed by atoms with Gasteiger partial charge in [-0.3, -0.25) is 33.6 Å². The number of amides is 7. The minimum Gasteiger partial charge on any atom is -0.508 e. The van der Waals surface area contributed by atoms with Gasteiger partial charge < -0.3 is 83.1 Å². The zero-order valence-corrected chi connectivity index (χ0v) is 46.4. The van der Waals surface area contributed by atoms with Gasteiger partial charge in [-0.15, -0.1) is 0 Å². The number of carbonyl (C=O) groups is 8. The van der Waals surface area contributed by atoms with Crippen LogP contribution in [-0.4, -0.2) is 115 Å². The molecule has 83 heavy (non-hydrogen) atoms. The largest absolute Gasteiger partial charge is 0.508 e. The number of fused-ring (bicyclic) bond motifs is 17.